The van der Waals surface area contributed by atoms with Crippen molar-refractivity contribution < 1.29 is 49.0 Å². The van der Waals surface area contributed by atoms with E-state index in [1.807, 2.05) is 33.8 Å². The van der Waals surface area contributed by atoms with Gasteiger partial charge in [0.15, 0.2) is 11.4 Å². The highest BCUT2D eigenvalue weighted by Crippen LogP contribution is 2.50. The molecule has 6 aliphatic heterocycles. The van der Waals surface area contributed by atoms with E-state index in [0.29, 0.717) is 42.9 Å². The molecule has 0 saturated carbocycles. The number of fused-ring (bicyclic) bond motifs is 13. The van der Waals surface area contributed by atoms with Crippen molar-refractivity contribution in [1.29, 1.82) is 0 Å². The molecule has 1 spiro atoms. The summed E-state index contributed by atoms with van der Waals surface area (Å²) in [6.45, 7) is 20.6. The maximum absolute atomic E-state index is 14.8. The number of ether oxygens (including phenoxy) is 3. The number of anilines is 1. The van der Waals surface area contributed by atoms with Crippen LogP contribution >= 0.6 is 0 Å². The molecular weight excluding hydrogens is 921 g/mol. The minimum Gasteiger partial charge on any atom is -0.507 e. The number of carbonyl (C=O) groups excluding carboxylic acids is 3. The fourth-order valence-electron chi connectivity index (χ4n) is 10.8. The summed E-state index contributed by atoms with van der Waals surface area (Å²) >= 11 is 0. The SMILES string of the molecule is C/C1=C/C=C/C(C)C[C@@H](C)C(O)[C@@H](C)C(OC(=O)CN(N)/C=C(\N)C2CCCCNC2)[C@H](C)C/C=C/OC2(C)Oc3c(C)c(O)c4c(O)c(c5c(c4c3C2=O)=NC2(CCN(CC(C)C)CC2)N=5)NC1=O.CO. The largest absolute Gasteiger partial charge is 0.507 e. The summed E-state index contributed by atoms with van der Waals surface area (Å²) in [6.07, 6.45) is 13.5. The molecule has 18 heteroatoms. The number of hydrogen-bond donors (Lipinski definition) is 8. The number of esters is 1. The van der Waals surface area contributed by atoms with Gasteiger partial charge in [-0.2, -0.15) is 0 Å². The molecule has 8 rings (SSSR count). The maximum atomic E-state index is 14.8. The van der Waals surface area contributed by atoms with E-state index in [0.717, 1.165) is 59.1 Å². The van der Waals surface area contributed by atoms with Crippen molar-refractivity contribution in [1.82, 2.24) is 15.2 Å². The van der Waals surface area contributed by atoms with Gasteiger partial charge in [-0.15, -0.1) is 0 Å². The number of benzene rings is 2. The highest BCUT2D eigenvalue weighted by Gasteiger charge is 2.50. The Labute approximate surface area is 423 Å². The van der Waals surface area contributed by atoms with Crippen molar-refractivity contribution >= 4 is 34.1 Å². The van der Waals surface area contributed by atoms with Crippen LogP contribution in [-0.4, -0.2) is 118 Å². The number of nitrogens with two attached hydrogens (primary N) is 2. The molecule has 2 saturated heterocycles. The fourth-order valence-corrected chi connectivity index (χ4v) is 10.8. The molecule has 18 nitrogen and oxygen atoms in total. The number of likely N-dealkylation sites (tertiary alicyclic amines) is 1. The van der Waals surface area contributed by atoms with Crippen LogP contribution in [0.25, 0.3) is 10.8 Å². The topological polar surface area (TPSA) is 267 Å². The molecule has 2 aromatic carbocycles. The highest BCUT2D eigenvalue weighted by atomic mass is 16.7. The number of phenols is 2. The van der Waals surface area contributed by atoms with Crippen LogP contribution < -0.4 is 37.7 Å². The van der Waals surface area contributed by atoms with Crippen LogP contribution in [0.4, 0.5) is 5.69 Å². The minimum atomic E-state index is -1.91. The first-order valence-corrected chi connectivity index (χ1v) is 25.6. The Balaban J connectivity index is 0.00000418. The number of hydrogen-bond acceptors (Lipinski definition) is 17. The lowest BCUT2D eigenvalue weighted by molar-refractivity contribution is -0.159. The van der Waals surface area contributed by atoms with Crippen molar-refractivity contribution in [2.45, 2.75) is 131 Å². The fraction of sp³-hybridized carbons (Fsp3) is 0.611. The Hall–Kier alpha value is -5.53. The average molecular weight is 1000 g/mol. The van der Waals surface area contributed by atoms with Crippen molar-refractivity contribution in [3.8, 4) is 17.2 Å². The van der Waals surface area contributed by atoms with Crippen molar-refractivity contribution in [2.75, 3.05) is 51.7 Å². The zero-order chi connectivity index (χ0) is 52.8. The van der Waals surface area contributed by atoms with Gasteiger partial charge >= 0.3 is 11.8 Å². The van der Waals surface area contributed by atoms with Crippen LogP contribution in [0.1, 0.15) is 116 Å². The van der Waals surface area contributed by atoms with Crippen LogP contribution in [0.5, 0.6) is 17.2 Å². The van der Waals surface area contributed by atoms with E-state index < -0.39 is 53.0 Å². The van der Waals surface area contributed by atoms with E-state index in [1.165, 1.54) is 18.2 Å². The number of phenolic OH excluding ortho intramolecular Hbond substituents is 2. The van der Waals surface area contributed by atoms with E-state index in [9.17, 15) is 29.7 Å². The Kier molecular flexibility index (Phi) is 18.3. The number of rotatable bonds is 7. The normalized spacial score (nSPS) is 29.8. The van der Waals surface area contributed by atoms with Crippen LogP contribution in [0.15, 0.2) is 58.0 Å². The molecule has 1 amide bonds. The number of amides is 1. The van der Waals surface area contributed by atoms with Crippen LogP contribution in [0, 0.1) is 42.4 Å². The molecule has 0 aromatic heterocycles. The van der Waals surface area contributed by atoms with Crippen molar-refractivity contribution in [3.05, 3.63) is 69.9 Å². The first kappa shape index (κ1) is 55.8. The molecule has 5 bridgehead atoms. The van der Waals surface area contributed by atoms with Crippen LogP contribution in [0.3, 0.4) is 0 Å². The summed E-state index contributed by atoms with van der Waals surface area (Å²) in [5, 5.41) is 51.0. The number of Topliss-reactive ketones (excluding diaryl/α,β-unsaturated/α-hetero) is 1. The van der Waals surface area contributed by atoms with Gasteiger partial charge in [-0.1, -0.05) is 66.2 Å². The van der Waals surface area contributed by atoms with E-state index in [-0.39, 0.29) is 80.0 Å². The molecule has 2 aromatic rings. The third-order valence-corrected chi connectivity index (χ3v) is 14.8. The number of hydrazine groups is 1. The number of carbonyl (C=O) groups is 3. The molecule has 10 N–H and O–H groups in total. The van der Waals surface area contributed by atoms with Gasteiger partial charge in [0.05, 0.1) is 28.7 Å². The first-order valence-electron chi connectivity index (χ1n) is 25.6. The predicted octanol–water partition coefficient (Wildman–Crippen LogP) is 5.11. The minimum absolute atomic E-state index is 0.0139. The molecule has 72 heavy (non-hydrogen) atoms. The summed E-state index contributed by atoms with van der Waals surface area (Å²) in [4.78, 5) is 55.2. The zero-order valence-corrected chi connectivity index (χ0v) is 44.0. The number of aliphatic hydroxyl groups excluding tert-OH is 2. The van der Waals surface area contributed by atoms with Gasteiger partial charge in [0.2, 0.25) is 0 Å². The lowest BCUT2D eigenvalue weighted by atomic mass is 9.80. The van der Waals surface area contributed by atoms with Gasteiger partial charge in [-0.05, 0) is 75.8 Å². The third-order valence-electron chi connectivity index (χ3n) is 14.8. The van der Waals surface area contributed by atoms with Gasteiger partial charge in [-0.25, -0.2) is 5.84 Å². The van der Waals surface area contributed by atoms with E-state index in [2.05, 4.69) is 29.4 Å². The molecule has 0 aliphatic carbocycles. The number of ketones is 1. The van der Waals surface area contributed by atoms with Crippen LogP contribution in [-0.2, 0) is 19.1 Å². The molecule has 2 fully saturated rings. The second-order valence-electron chi connectivity index (χ2n) is 21.2. The number of piperidine rings is 1. The monoisotopic (exact) mass is 1000 g/mol. The number of nitrogens with zero attached hydrogens (tertiary/aromatic N) is 4. The van der Waals surface area contributed by atoms with E-state index in [1.54, 1.807) is 38.3 Å². The van der Waals surface area contributed by atoms with Crippen LogP contribution in [0.2, 0.25) is 0 Å². The van der Waals surface area contributed by atoms with Gasteiger partial charge in [0.1, 0.15) is 35.2 Å². The Bertz CT molecular complexity index is 2580. The lowest BCUT2D eigenvalue weighted by Crippen LogP contribution is -2.43. The smallest absolute Gasteiger partial charge is 0.327 e. The lowest BCUT2D eigenvalue weighted by Gasteiger charge is -2.36. The number of aromatic hydroxyl groups is 2. The molecule has 5 unspecified atom stereocenters. The van der Waals surface area contributed by atoms with Crippen molar-refractivity contribution in [3.63, 3.8) is 0 Å². The molecule has 6 heterocycles. The third kappa shape index (κ3) is 12.1. The zero-order valence-electron chi connectivity index (χ0n) is 44.0. The van der Waals surface area contributed by atoms with Crippen molar-refractivity contribution in [2.24, 2.45) is 57.1 Å². The van der Waals surface area contributed by atoms with E-state index >= 15 is 0 Å². The van der Waals surface area contributed by atoms with Gasteiger partial charge in [-0.3, -0.25) is 24.4 Å². The Morgan fingerprint density at radius 2 is 1.74 bits per heavy atom. The van der Waals surface area contributed by atoms with E-state index in [4.69, 9.17) is 40.9 Å². The summed E-state index contributed by atoms with van der Waals surface area (Å²) < 4.78 is 18.7. The number of allylic oxidation sites excluding steroid dienone is 4. The summed E-state index contributed by atoms with van der Waals surface area (Å²) in [7, 11) is 1.00. The average Bonchev–Trinajstić information content (AvgIpc) is 3.66. The molecular formula is C54H80N8O10. The first-order chi connectivity index (χ1) is 34.1. The summed E-state index contributed by atoms with van der Waals surface area (Å²) in [5.41, 5.74) is 6.65. The number of nitrogens with one attached hydrogen (secondary N) is 2. The summed E-state index contributed by atoms with van der Waals surface area (Å²) in [6, 6.07) is 0. The second-order valence-corrected chi connectivity index (χ2v) is 21.2. The Morgan fingerprint density at radius 1 is 1.04 bits per heavy atom. The molecule has 8 atom stereocenters. The molecule has 0 radical (unpaired) electrons. The van der Waals surface area contributed by atoms with Gasteiger partial charge in [0, 0.05) is 93.3 Å². The standard InChI is InChI=1S/C53H76N8O9.CH4O/c1-29(2)26-60-21-18-53(19-22-60)58-42-39-40-46(64)35(8)49-41(39)50(66)52(9,70-49)68-23-13-16-31(4)48(69-38(62)28-61(55)27-37(54)36-17-10-11-20-56-25-36)34(7)45(63)33(6)24-30(3)14-12-15-32(5)51(67)57-44(47(40)65)43(42)59-53;1-2/h12-15,23,27,29-31,33-34,36,45,48,56,63-65H,10-11,16-22,24-26,28,54-55H2,1-9H3,(H,57,67);2H,1H3/b14-12+,23-13+,32-15-,37-27-;/t30?,31-,33-,34-,36?,45?,48?,52?;/m1./s1. The quantitative estimate of drug-likeness (QED) is 0.0776. The maximum Gasteiger partial charge on any atom is 0.327 e. The molecule has 6 aliphatic rings. The number of aliphatic hydroxyl groups is 2. The summed E-state index contributed by atoms with van der Waals surface area (Å²) in [5.74, 6) is 1.45. The highest BCUT2D eigenvalue weighted by molar-refractivity contribution is 6.19. The second kappa shape index (κ2) is 23.6. The predicted molar refractivity (Wildman–Crippen MR) is 276 cm³/mol. The molecule has 396 valence electrons. The van der Waals surface area contributed by atoms with Gasteiger partial charge < -0.3 is 60.9 Å². The van der Waals surface area contributed by atoms with Gasteiger partial charge in [0.25, 0.3) is 11.7 Å². The Morgan fingerprint density at radius 3 is 2.43 bits per heavy atom.